The lowest BCUT2D eigenvalue weighted by Gasteiger charge is -2.26. The van der Waals surface area contributed by atoms with E-state index in [0.717, 1.165) is 37.7 Å². The highest BCUT2D eigenvalue weighted by Gasteiger charge is 2.30. The van der Waals surface area contributed by atoms with Gasteiger partial charge < -0.3 is 4.74 Å². The van der Waals surface area contributed by atoms with Gasteiger partial charge in [-0.1, -0.05) is 45.9 Å². The van der Waals surface area contributed by atoms with E-state index >= 15 is 0 Å². The van der Waals surface area contributed by atoms with Gasteiger partial charge in [0.25, 0.3) is 0 Å². The average molecular weight is 388 g/mol. The molecule has 0 spiro atoms. The fourth-order valence-electron chi connectivity index (χ4n) is 3.94. The van der Waals surface area contributed by atoms with Crippen molar-refractivity contribution in [3.63, 3.8) is 0 Å². The van der Waals surface area contributed by atoms with E-state index in [-0.39, 0.29) is 29.1 Å². The number of allylic oxidation sites excluding steroid dienone is 5. The molecular formula is C24H27F3O. The normalized spacial score (nSPS) is 21.0. The Morgan fingerprint density at radius 1 is 1.25 bits per heavy atom. The number of halogens is 3. The summed E-state index contributed by atoms with van der Waals surface area (Å²) < 4.78 is 49.6. The van der Waals surface area contributed by atoms with E-state index < -0.39 is 17.5 Å². The molecule has 1 unspecified atom stereocenters. The largest absolute Gasteiger partial charge is 0.450 e. The molecule has 4 heteroatoms. The van der Waals surface area contributed by atoms with Gasteiger partial charge >= 0.3 is 0 Å². The van der Waals surface area contributed by atoms with E-state index in [1.54, 1.807) is 13.0 Å². The molecule has 1 aromatic rings. The van der Waals surface area contributed by atoms with Crippen molar-refractivity contribution in [2.75, 3.05) is 0 Å². The van der Waals surface area contributed by atoms with Crippen LogP contribution >= 0.6 is 0 Å². The topological polar surface area (TPSA) is 9.23 Å². The van der Waals surface area contributed by atoms with Gasteiger partial charge in [0.2, 0.25) is 5.82 Å². The van der Waals surface area contributed by atoms with Crippen molar-refractivity contribution < 1.29 is 17.9 Å². The van der Waals surface area contributed by atoms with Crippen LogP contribution in [0.3, 0.4) is 0 Å². The number of benzene rings is 1. The Bertz CT molecular complexity index is 876. The second-order valence-corrected chi connectivity index (χ2v) is 7.68. The van der Waals surface area contributed by atoms with Crippen molar-refractivity contribution in [2.45, 2.75) is 58.8 Å². The predicted molar refractivity (Wildman–Crippen MR) is 108 cm³/mol. The summed E-state index contributed by atoms with van der Waals surface area (Å²) in [4.78, 5) is 0. The highest BCUT2D eigenvalue weighted by molar-refractivity contribution is 5.69. The van der Waals surface area contributed by atoms with Crippen molar-refractivity contribution in [3.8, 4) is 5.75 Å². The van der Waals surface area contributed by atoms with Crippen molar-refractivity contribution in [1.82, 2.24) is 0 Å². The predicted octanol–water partition coefficient (Wildman–Crippen LogP) is 7.59. The van der Waals surface area contributed by atoms with E-state index in [2.05, 4.69) is 20.1 Å². The molecule has 1 aliphatic carbocycles. The van der Waals surface area contributed by atoms with Gasteiger partial charge in [-0.3, -0.25) is 0 Å². The quantitative estimate of drug-likeness (QED) is 0.505. The van der Waals surface area contributed by atoms with Crippen LogP contribution in [0.5, 0.6) is 5.75 Å². The van der Waals surface area contributed by atoms with Crippen LogP contribution in [-0.2, 0) is 6.42 Å². The van der Waals surface area contributed by atoms with Crippen LogP contribution in [0, 0.1) is 17.6 Å². The molecule has 1 atom stereocenters. The van der Waals surface area contributed by atoms with E-state index in [0.29, 0.717) is 23.5 Å². The molecule has 1 aliphatic heterocycles. The SMILES string of the molecule is C=C(CC)/C(F)=C1/Oc2c(cc(C3=CCC(CCC)CC3)c(F)c2F)CC1=C. The standard InChI is InChI=1S/C24H27F3O/c1-5-7-16-8-10-17(11-9-16)19-13-18-12-15(4)23(20(25)14(3)6-2)28-24(18)22(27)21(19)26/h10,13,16H,3-9,11-12H2,1-2H3/b23-20-. The summed E-state index contributed by atoms with van der Waals surface area (Å²) >= 11 is 0. The fraction of sp³-hybridized carbons (Fsp3) is 0.417. The lowest BCUT2D eigenvalue weighted by molar-refractivity contribution is 0.354. The lowest BCUT2D eigenvalue weighted by Crippen LogP contribution is -2.15. The smallest absolute Gasteiger partial charge is 0.202 e. The minimum atomic E-state index is -1.07. The maximum absolute atomic E-state index is 14.8. The van der Waals surface area contributed by atoms with Crippen molar-refractivity contribution in [1.29, 1.82) is 0 Å². The molecule has 0 fully saturated rings. The van der Waals surface area contributed by atoms with E-state index in [1.165, 1.54) is 0 Å². The molecule has 150 valence electrons. The first-order valence-corrected chi connectivity index (χ1v) is 10.0. The maximum Gasteiger partial charge on any atom is 0.202 e. The number of rotatable bonds is 5. The summed E-state index contributed by atoms with van der Waals surface area (Å²) in [7, 11) is 0. The monoisotopic (exact) mass is 388 g/mol. The molecule has 0 N–H and O–H groups in total. The summed E-state index contributed by atoms with van der Waals surface area (Å²) in [5.41, 5.74) is 2.26. The van der Waals surface area contributed by atoms with Crippen LogP contribution in [0.1, 0.15) is 63.5 Å². The van der Waals surface area contributed by atoms with E-state index in [9.17, 15) is 13.2 Å². The van der Waals surface area contributed by atoms with Crippen molar-refractivity contribution in [2.24, 2.45) is 5.92 Å². The molecular weight excluding hydrogens is 361 g/mol. The third-order valence-corrected chi connectivity index (χ3v) is 5.67. The van der Waals surface area contributed by atoms with Crippen LogP contribution < -0.4 is 4.74 Å². The molecule has 0 amide bonds. The Kier molecular flexibility index (Phi) is 6.17. The van der Waals surface area contributed by atoms with Crippen LogP contribution in [-0.4, -0.2) is 0 Å². The zero-order chi connectivity index (χ0) is 20.4. The van der Waals surface area contributed by atoms with Crippen molar-refractivity contribution >= 4 is 5.57 Å². The van der Waals surface area contributed by atoms with Crippen LogP contribution in [0.4, 0.5) is 13.2 Å². The molecule has 28 heavy (non-hydrogen) atoms. The lowest BCUT2D eigenvalue weighted by atomic mass is 9.83. The molecule has 2 aliphatic rings. The minimum Gasteiger partial charge on any atom is -0.450 e. The zero-order valence-corrected chi connectivity index (χ0v) is 16.6. The molecule has 0 radical (unpaired) electrons. The second kappa shape index (κ2) is 8.42. The van der Waals surface area contributed by atoms with Crippen molar-refractivity contribution in [3.05, 3.63) is 70.8 Å². The van der Waals surface area contributed by atoms with Crippen LogP contribution in [0.25, 0.3) is 5.57 Å². The maximum atomic E-state index is 14.8. The molecule has 1 aromatic carbocycles. The summed E-state index contributed by atoms with van der Waals surface area (Å²) in [5.74, 6) is -2.43. The Balaban J connectivity index is 1.97. The fourth-order valence-corrected chi connectivity index (χ4v) is 3.94. The first-order valence-electron chi connectivity index (χ1n) is 10.0. The summed E-state index contributed by atoms with van der Waals surface area (Å²) in [6, 6.07) is 1.63. The van der Waals surface area contributed by atoms with Gasteiger partial charge in [0, 0.05) is 17.5 Å². The molecule has 0 saturated carbocycles. The summed E-state index contributed by atoms with van der Waals surface area (Å²) in [6.45, 7) is 11.4. The highest BCUT2D eigenvalue weighted by Crippen LogP contribution is 2.42. The van der Waals surface area contributed by atoms with E-state index in [4.69, 9.17) is 4.74 Å². The third kappa shape index (κ3) is 3.82. The van der Waals surface area contributed by atoms with E-state index in [1.807, 2.05) is 6.08 Å². The molecule has 0 aromatic heterocycles. The van der Waals surface area contributed by atoms with Gasteiger partial charge in [0.05, 0.1) is 0 Å². The van der Waals surface area contributed by atoms with Gasteiger partial charge in [0.15, 0.2) is 23.2 Å². The Morgan fingerprint density at radius 3 is 2.61 bits per heavy atom. The van der Waals surface area contributed by atoms with Crippen LogP contribution in [0.15, 0.2) is 48.0 Å². The summed E-state index contributed by atoms with van der Waals surface area (Å²) in [6.07, 6.45) is 7.53. The molecule has 0 saturated heterocycles. The summed E-state index contributed by atoms with van der Waals surface area (Å²) in [5, 5.41) is 0. The number of fused-ring (bicyclic) bond motifs is 1. The van der Waals surface area contributed by atoms with Gasteiger partial charge in [-0.05, 0) is 54.4 Å². The van der Waals surface area contributed by atoms with Gasteiger partial charge in [-0.2, -0.15) is 4.39 Å². The Labute approximate surface area is 165 Å². The second-order valence-electron chi connectivity index (χ2n) is 7.68. The van der Waals surface area contributed by atoms with Gasteiger partial charge in [0.1, 0.15) is 0 Å². The molecule has 3 rings (SSSR count). The highest BCUT2D eigenvalue weighted by atomic mass is 19.2. The molecule has 0 bridgehead atoms. The number of hydrogen-bond donors (Lipinski definition) is 0. The average Bonchev–Trinajstić information content (AvgIpc) is 2.70. The minimum absolute atomic E-state index is 0.148. The first kappa shape index (κ1) is 20.5. The number of hydrogen-bond acceptors (Lipinski definition) is 1. The zero-order valence-electron chi connectivity index (χ0n) is 16.6. The molecule has 1 heterocycles. The van der Waals surface area contributed by atoms with Gasteiger partial charge in [-0.15, -0.1) is 0 Å². The Hall–Kier alpha value is -2.23. The number of ether oxygens (including phenoxy) is 1. The molecule has 1 nitrogen and oxygen atoms in total. The first-order chi connectivity index (χ1) is 13.4. The van der Waals surface area contributed by atoms with Gasteiger partial charge in [-0.25, -0.2) is 8.78 Å². The Morgan fingerprint density at radius 2 is 2.00 bits per heavy atom. The third-order valence-electron chi connectivity index (χ3n) is 5.67. The van der Waals surface area contributed by atoms with Crippen LogP contribution in [0.2, 0.25) is 0 Å².